The number of carbonyl (C=O) groups is 1. The largest absolute Gasteiger partial charge is 0.355 e. The SMILES string of the molecule is Cc1cccc(C2(CNC(=O)CCc3c(C)nc4c(C#N)cnn4c3C)CCCCC2)c1. The molecule has 0 radical (unpaired) electrons. The molecular formula is C26H31N5O. The first kappa shape index (κ1) is 22.0. The van der Waals surface area contributed by atoms with Crippen molar-refractivity contribution in [3.8, 4) is 6.07 Å². The van der Waals surface area contributed by atoms with Gasteiger partial charge in [-0.05, 0) is 51.2 Å². The van der Waals surface area contributed by atoms with Crippen molar-refractivity contribution >= 4 is 11.6 Å². The van der Waals surface area contributed by atoms with Gasteiger partial charge in [0.05, 0.1) is 6.20 Å². The van der Waals surface area contributed by atoms with Crippen LogP contribution in [-0.2, 0) is 16.6 Å². The highest BCUT2D eigenvalue weighted by atomic mass is 16.1. The molecule has 1 aliphatic carbocycles. The molecule has 0 bridgehead atoms. The van der Waals surface area contributed by atoms with Gasteiger partial charge in [0.1, 0.15) is 11.6 Å². The smallest absolute Gasteiger partial charge is 0.220 e. The summed E-state index contributed by atoms with van der Waals surface area (Å²) < 4.78 is 1.70. The molecule has 6 nitrogen and oxygen atoms in total. The molecule has 0 aliphatic heterocycles. The van der Waals surface area contributed by atoms with E-state index in [2.05, 4.69) is 52.7 Å². The van der Waals surface area contributed by atoms with Gasteiger partial charge in [-0.2, -0.15) is 10.4 Å². The molecule has 0 unspecified atom stereocenters. The topological polar surface area (TPSA) is 83.1 Å². The van der Waals surface area contributed by atoms with Crippen LogP contribution in [0.5, 0.6) is 0 Å². The molecule has 1 aromatic carbocycles. The average molecular weight is 430 g/mol. The van der Waals surface area contributed by atoms with Crippen LogP contribution in [0.25, 0.3) is 5.65 Å². The van der Waals surface area contributed by atoms with Crippen molar-refractivity contribution in [2.24, 2.45) is 0 Å². The fourth-order valence-corrected chi connectivity index (χ4v) is 5.12. The van der Waals surface area contributed by atoms with E-state index in [1.165, 1.54) is 30.4 Å². The van der Waals surface area contributed by atoms with E-state index in [9.17, 15) is 10.1 Å². The normalized spacial score (nSPS) is 15.4. The Bertz CT molecular complexity index is 1180. The summed E-state index contributed by atoms with van der Waals surface area (Å²) in [5, 5.41) is 16.8. The van der Waals surface area contributed by atoms with E-state index in [1.54, 1.807) is 10.7 Å². The molecule has 1 saturated carbocycles. The first-order chi connectivity index (χ1) is 15.4. The molecule has 1 amide bonds. The van der Waals surface area contributed by atoms with E-state index in [4.69, 9.17) is 0 Å². The van der Waals surface area contributed by atoms with Crippen LogP contribution in [0.15, 0.2) is 30.5 Å². The maximum absolute atomic E-state index is 12.8. The van der Waals surface area contributed by atoms with Gasteiger partial charge in [-0.25, -0.2) is 9.50 Å². The van der Waals surface area contributed by atoms with E-state index in [0.29, 0.717) is 30.6 Å². The fraction of sp³-hybridized carbons (Fsp3) is 0.462. The van der Waals surface area contributed by atoms with Gasteiger partial charge < -0.3 is 5.32 Å². The molecule has 4 rings (SSSR count). The average Bonchev–Trinajstić information content (AvgIpc) is 3.21. The molecule has 0 saturated heterocycles. The van der Waals surface area contributed by atoms with Crippen LogP contribution in [-0.4, -0.2) is 27.0 Å². The standard InChI is InChI=1S/C26H31N5O/c1-18-8-7-9-22(14-18)26(12-5-4-6-13-26)17-28-24(32)11-10-23-19(2)30-25-21(15-27)16-29-31(25)20(23)3/h7-9,14,16H,4-6,10-13,17H2,1-3H3,(H,28,32). The van der Waals surface area contributed by atoms with Crippen LogP contribution in [0.1, 0.15) is 72.2 Å². The highest BCUT2D eigenvalue weighted by molar-refractivity contribution is 5.76. The van der Waals surface area contributed by atoms with Gasteiger partial charge in [0.25, 0.3) is 0 Å². The van der Waals surface area contributed by atoms with E-state index < -0.39 is 0 Å². The molecule has 2 heterocycles. The van der Waals surface area contributed by atoms with Crippen molar-refractivity contribution in [2.45, 2.75) is 71.1 Å². The Labute approximate surface area is 189 Å². The molecular weight excluding hydrogens is 398 g/mol. The lowest BCUT2D eigenvalue weighted by Gasteiger charge is -2.38. The third-order valence-electron chi connectivity index (χ3n) is 7.00. The third-order valence-corrected chi connectivity index (χ3v) is 7.00. The van der Waals surface area contributed by atoms with Crippen molar-refractivity contribution in [1.29, 1.82) is 5.26 Å². The summed E-state index contributed by atoms with van der Waals surface area (Å²) >= 11 is 0. The number of nitrogens with zero attached hydrogens (tertiary/aromatic N) is 4. The van der Waals surface area contributed by atoms with Gasteiger partial charge in [-0.3, -0.25) is 4.79 Å². The van der Waals surface area contributed by atoms with Crippen LogP contribution in [0.2, 0.25) is 0 Å². The maximum Gasteiger partial charge on any atom is 0.220 e. The minimum absolute atomic E-state index is 0.0367. The van der Waals surface area contributed by atoms with E-state index in [0.717, 1.165) is 29.8 Å². The van der Waals surface area contributed by atoms with E-state index in [1.807, 2.05) is 13.8 Å². The van der Waals surface area contributed by atoms with Crippen molar-refractivity contribution < 1.29 is 4.79 Å². The molecule has 2 aromatic heterocycles. The highest BCUT2D eigenvalue weighted by Gasteiger charge is 2.34. The number of hydrogen-bond acceptors (Lipinski definition) is 4. The molecule has 0 spiro atoms. The molecule has 6 heteroatoms. The summed E-state index contributed by atoms with van der Waals surface area (Å²) in [4.78, 5) is 17.4. The second-order valence-electron chi connectivity index (χ2n) is 9.15. The number of hydrogen-bond donors (Lipinski definition) is 1. The zero-order valence-corrected chi connectivity index (χ0v) is 19.2. The van der Waals surface area contributed by atoms with Gasteiger partial charge in [0.15, 0.2) is 5.65 Å². The predicted octanol–water partition coefficient (Wildman–Crippen LogP) is 4.48. The number of aromatic nitrogens is 3. The van der Waals surface area contributed by atoms with Crippen molar-refractivity contribution in [3.05, 3.63) is 64.1 Å². The quantitative estimate of drug-likeness (QED) is 0.626. The number of fused-ring (bicyclic) bond motifs is 1. The van der Waals surface area contributed by atoms with Crippen LogP contribution in [0, 0.1) is 32.1 Å². The second kappa shape index (κ2) is 9.12. The van der Waals surface area contributed by atoms with Crippen LogP contribution in [0.4, 0.5) is 0 Å². The van der Waals surface area contributed by atoms with E-state index >= 15 is 0 Å². The molecule has 1 fully saturated rings. The van der Waals surface area contributed by atoms with Crippen LogP contribution in [0.3, 0.4) is 0 Å². The van der Waals surface area contributed by atoms with Gasteiger partial charge in [-0.1, -0.05) is 49.1 Å². The van der Waals surface area contributed by atoms with Gasteiger partial charge in [-0.15, -0.1) is 0 Å². The van der Waals surface area contributed by atoms with Crippen molar-refractivity contribution in [3.63, 3.8) is 0 Å². The predicted molar refractivity (Wildman–Crippen MR) is 124 cm³/mol. The minimum Gasteiger partial charge on any atom is -0.355 e. The lowest BCUT2D eigenvalue weighted by Crippen LogP contribution is -2.42. The number of aryl methyl sites for hydroxylation is 3. The Morgan fingerprint density at radius 1 is 1.22 bits per heavy atom. The number of rotatable bonds is 6. The molecule has 166 valence electrons. The van der Waals surface area contributed by atoms with Crippen LogP contribution >= 0.6 is 0 Å². The Kier molecular flexibility index (Phi) is 6.27. The summed E-state index contributed by atoms with van der Waals surface area (Å²) in [5.41, 5.74) is 6.51. The monoisotopic (exact) mass is 429 g/mol. The second-order valence-corrected chi connectivity index (χ2v) is 9.15. The highest BCUT2D eigenvalue weighted by Crippen LogP contribution is 2.39. The number of nitriles is 1. The number of carbonyl (C=O) groups excluding carboxylic acids is 1. The Balaban J connectivity index is 1.45. The molecule has 1 aliphatic rings. The molecule has 1 N–H and O–H groups in total. The third kappa shape index (κ3) is 4.25. The number of amides is 1. The summed E-state index contributed by atoms with van der Waals surface area (Å²) in [6.45, 7) is 6.73. The van der Waals surface area contributed by atoms with Crippen molar-refractivity contribution in [1.82, 2.24) is 19.9 Å². The van der Waals surface area contributed by atoms with Crippen molar-refractivity contribution in [2.75, 3.05) is 6.54 Å². The molecule has 3 aromatic rings. The molecule has 0 atom stereocenters. The Hall–Kier alpha value is -3.20. The van der Waals surface area contributed by atoms with Gasteiger partial charge >= 0.3 is 0 Å². The molecule has 32 heavy (non-hydrogen) atoms. The zero-order chi connectivity index (χ0) is 22.7. The summed E-state index contributed by atoms with van der Waals surface area (Å²) in [5.74, 6) is 0.0691. The van der Waals surface area contributed by atoms with Gasteiger partial charge in [0, 0.05) is 29.8 Å². The zero-order valence-electron chi connectivity index (χ0n) is 19.2. The number of benzene rings is 1. The fourth-order valence-electron chi connectivity index (χ4n) is 5.12. The lowest BCUT2D eigenvalue weighted by molar-refractivity contribution is -0.121. The first-order valence-corrected chi connectivity index (χ1v) is 11.5. The maximum atomic E-state index is 12.8. The lowest BCUT2D eigenvalue weighted by atomic mass is 9.69. The summed E-state index contributed by atoms with van der Waals surface area (Å²) in [6.07, 6.45) is 8.49. The minimum atomic E-state index is 0.0367. The Morgan fingerprint density at radius 3 is 2.72 bits per heavy atom. The number of nitrogens with one attached hydrogen (secondary N) is 1. The Morgan fingerprint density at radius 2 is 2.00 bits per heavy atom. The van der Waals surface area contributed by atoms with E-state index in [-0.39, 0.29) is 11.3 Å². The van der Waals surface area contributed by atoms with Crippen LogP contribution < -0.4 is 5.32 Å². The summed E-state index contributed by atoms with van der Waals surface area (Å²) in [6, 6.07) is 10.9. The first-order valence-electron chi connectivity index (χ1n) is 11.5. The van der Waals surface area contributed by atoms with Gasteiger partial charge in [0.2, 0.25) is 5.91 Å². The summed E-state index contributed by atoms with van der Waals surface area (Å²) in [7, 11) is 0.